The first-order valence-corrected chi connectivity index (χ1v) is 10.4. The smallest absolute Gasteiger partial charge is 0.294 e. The lowest BCUT2D eigenvalue weighted by molar-refractivity contribution is 0.393. The summed E-state index contributed by atoms with van der Waals surface area (Å²) in [7, 11) is 3.21. The number of methoxy groups -OCH3 is 2. The highest BCUT2D eigenvalue weighted by Crippen LogP contribution is 2.32. The molecule has 154 valence electrons. The normalized spacial score (nSPS) is 11.1. The Labute approximate surface area is 178 Å². The topological polar surface area (TPSA) is 66.2 Å². The standard InChI is InChI=1S/C23H23N3O3S/c1-13-6-7-19(14(2)8-13)20-22-21(24-15(3)30-22)23(27)26(25-20)12-16-9-17(28-4)11-18(10-16)29-5/h6-11H,12H2,1-5H3. The van der Waals surface area contributed by atoms with Crippen molar-refractivity contribution >= 4 is 21.6 Å². The lowest BCUT2D eigenvalue weighted by Crippen LogP contribution is -2.24. The zero-order chi connectivity index (χ0) is 21.4. The van der Waals surface area contributed by atoms with E-state index in [1.165, 1.54) is 21.6 Å². The summed E-state index contributed by atoms with van der Waals surface area (Å²) in [4.78, 5) is 17.7. The fourth-order valence-electron chi connectivity index (χ4n) is 3.56. The summed E-state index contributed by atoms with van der Waals surface area (Å²) in [5.74, 6) is 1.33. The summed E-state index contributed by atoms with van der Waals surface area (Å²) in [6.07, 6.45) is 0. The van der Waals surface area contributed by atoms with Crippen molar-refractivity contribution in [1.82, 2.24) is 14.8 Å². The summed E-state index contributed by atoms with van der Waals surface area (Å²) in [6.45, 7) is 6.32. The van der Waals surface area contributed by atoms with Crippen molar-refractivity contribution in [2.75, 3.05) is 14.2 Å². The summed E-state index contributed by atoms with van der Waals surface area (Å²) >= 11 is 1.50. The van der Waals surface area contributed by atoms with Gasteiger partial charge in [0.15, 0.2) is 5.52 Å². The van der Waals surface area contributed by atoms with Gasteiger partial charge in [0.2, 0.25) is 0 Å². The fraction of sp³-hybridized carbons (Fsp3) is 0.261. The van der Waals surface area contributed by atoms with Gasteiger partial charge >= 0.3 is 0 Å². The quantitative estimate of drug-likeness (QED) is 0.474. The van der Waals surface area contributed by atoms with Crippen LogP contribution >= 0.6 is 11.3 Å². The van der Waals surface area contributed by atoms with Gasteiger partial charge in [-0.2, -0.15) is 5.10 Å². The van der Waals surface area contributed by atoms with Crippen LogP contribution in [0.25, 0.3) is 21.5 Å². The summed E-state index contributed by atoms with van der Waals surface area (Å²) < 4.78 is 13.0. The molecule has 2 aromatic heterocycles. The molecule has 0 spiro atoms. The Kier molecular flexibility index (Phi) is 5.30. The molecule has 0 radical (unpaired) electrons. The number of thiazole rings is 1. The average Bonchev–Trinajstić information content (AvgIpc) is 3.12. The van der Waals surface area contributed by atoms with E-state index in [0.29, 0.717) is 17.0 Å². The number of fused-ring (bicyclic) bond motifs is 1. The van der Waals surface area contributed by atoms with Gasteiger partial charge in [-0.05, 0) is 44.0 Å². The number of benzene rings is 2. The lowest BCUT2D eigenvalue weighted by Gasteiger charge is -2.12. The highest BCUT2D eigenvalue weighted by atomic mass is 32.1. The van der Waals surface area contributed by atoms with Crippen molar-refractivity contribution < 1.29 is 9.47 Å². The summed E-state index contributed by atoms with van der Waals surface area (Å²) in [6, 6.07) is 11.8. The van der Waals surface area contributed by atoms with Crippen LogP contribution in [0.15, 0.2) is 41.2 Å². The predicted molar refractivity (Wildman–Crippen MR) is 120 cm³/mol. The average molecular weight is 422 g/mol. The molecule has 0 fully saturated rings. The van der Waals surface area contributed by atoms with Gasteiger partial charge in [0.1, 0.15) is 17.2 Å². The number of aryl methyl sites for hydroxylation is 3. The van der Waals surface area contributed by atoms with E-state index in [-0.39, 0.29) is 12.1 Å². The van der Waals surface area contributed by atoms with Crippen molar-refractivity contribution in [2.24, 2.45) is 0 Å². The number of hydrogen-bond acceptors (Lipinski definition) is 6. The molecule has 2 heterocycles. The molecule has 0 atom stereocenters. The van der Waals surface area contributed by atoms with Gasteiger partial charge in [-0.15, -0.1) is 11.3 Å². The third kappa shape index (κ3) is 3.68. The molecule has 0 unspecified atom stereocenters. The van der Waals surface area contributed by atoms with Gasteiger partial charge in [0.25, 0.3) is 5.56 Å². The monoisotopic (exact) mass is 421 g/mol. The minimum absolute atomic E-state index is 0.204. The molecule has 0 aliphatic rings. The van der Waals surface area contributed by atoms with Crippen LogP contribution in [0.1, 0.15) is 21.7 Å². The highest BCUT2D eigenvalue weighted by molar-refractivity contribution is 7.19. The van der Waals surface area contributed by atoms with Crippen molar-refractivity contribution in [1.29, 1.82) is 0 Å². The van der Waals surface area contributed by atoms with E-state index >= 15 is 0 Å². The third-order valence-electron chi connectivity index (χ3n) is 4.99. The van der Waals surface area contributed by atoms with Crippen LogP contribution in [-0.2, 0) is 6.54 Å². The molecule has 6 nitrogen and oxygen atoms in total. The first-order valence-electron chi connectivity index (χ1n) is 9.57. The van der Waals surface area contributed by atoms with E-state index in [1.54, 1.807) is 20.3 Å². The first kappa shape index (κ1) is 20.1. The minimum Gasteiger partial charge on any atom is -0.497 e. The molecule has 4 rings (SSSR count). The van der Waals surface area contributed by atoms with Crippen LogP contribution in [0.4, 0.5) is 0 Å². The zero-order valence-corrected chi connectivity index (χ0v) is 18.5. The Balaban J connectivity index is 1.91. The maximum Gasteiger partial charge on any atom is 0.294 e. The minimum atomic E-state index is -0.204. The SMILES string of the molecule is COc1cc(Cn2nc(-c3ccc(C)cc3C)c3sc(C)nc3c2=O)cc(OC)c1. The maximum atomic E-state index is 13.2. The van der Waals surface area contributed by atoms with Gasteiger partial charge in [-0.3, -0.25) is 4.79 Å². The van der Waals surface area contributed by atoms with Crippen molar-refractivity contribution in [3.8, 4) is 22.8 Å². The second-order valence-electron chi connectivity index (χ2n) is 7.26. The van der Waals surface area contributed by atoms with Crippen LogP contribution in [-0.4, -0.2) is 29.0 Å². The van der Waals surface area contributed by atoms with E-state index in [2.05, 4.69) is 37.0 Å². The lowest BCUT2D eigenvalue weighted by atomic mass is 10.0. The molecular formula is C23H23N3O3S. The van der Waals surface area contributed by atoms with Crippen LogP contribution in [0.2, 0.25) is 0 Å². The zero-order valence-electron chi connectivity index (χ0n) is 17.6. The molecule has 0 amide bonds. The predicted octanol–water partition coefficient (Wildman–Crippen LogP) is 4.51. The van der Waals surface area contributed by atoms with E-state index in [0.717, 1.165) is 32.1 Å². The molecule has 0 aliphatic carbocycles. The van der Waals surface area contributed by atoms with Gasteiger partial charge < -0.3 is 9.47 Å². The van der Waals surface area contributed by atoms with Crippen molar-refractivity contribution in [3.63, 3.8) is 0 Å². The van der Waals surface area contributed by atoms with Crippen molar-refractivity contribution in [3.05, 3.63) is 68.4 Å². The van der Waals surface area contributed by atoms with Crippen LogP contribution in [0, 0.1) is 20.8 Å². The molecular weight excluding hydrogens is 398 g/mol. The van der Waals surface area contributed by atoms with E-state index in [1.807, 2.05) is 19.1 Å². The molecule has 4 aromatic rings. The summed E-state index contributed by atoms with van der Waals surface area (Å²) in [5.41, 5.74) is 5.20. The van der Waals surface area contributed by atoms with Crippen LogP contribution < -0.4 is 15.0 Å². The molecule has 0 saturated heterocycles. The largest absolute Gasteiger partial charge is 0.497 e. The highest BCUT2D eigenvalue weighted by Gasteiger charge is 2.18. The third-order valence-corrected chi connectivity index (χ3v) is 5.97. The van der Waals surface area contributed by atoms with Crippen molar-refractivity contribution in [2.45, 2.75) is 27.3 Å². The number of aromatic nitrogens is 3. The maximum absolute atomic E-state index is 13.2. The molecule has 0 saturated carbocycles. The molecule has 0 aliphatic heterocycles. The Morgan fingerprint density at radius 3 is 2.33 bits per heavy atom. The second-order valence-corrected chi connectivity index (χ2v) is 8.46. The Hall–Kier alpha value is -3.19. The molecule has 7 heteroatoms. The van der Waals surface area contributed by atoms with Gasteiger partial charge in [0.05, 0.1) is 30.5 Å². The van der Waals surface area contributed by atoms with Gasteiger partial charge in [-0.1, -0.05) is 23.8 Å². The number of hydrogen-bond donors (Lipinski definition) is 0. The first-order chi connectivity index (χ1) is 14.4. The Morgan fingerprint density at radius 1 is 1.00 bits per heavy atom. The molecule has 30 heavy (non-hydrogen) atoms. The molecule has 0 N–H and O–H groups in total. The van der Waals surface area contributed by atoms with Gasteiger partial charge in [0, 0.05) is 11.6 Å². The number of ether oxygens (including phenoxy) is 2. The van der Waals surface area contributed by atoms with Gasteiger partial charge in [-0.25, -0.2) is 9.67 Å². The Morgan fingerprint density at radius 2 is 1.70 bits per heavy atom. The molecule has 0 bridgehead atoms. The number of nitrogens with zero attached hydrogens (tertiary/aromatic N) is 3. The fourth-order valence-corrected chi connectivity index (χ4v) is 4.47. The van der Waals surface area contributed by atoms with E-state index < -0.39 is 0 Å². The number of rotatable bonds is 5. The van der Waals surface area contributed by atoms with E-state index in [9.17, 15) is 4.79 Å². The second kappa shape index (κ2) is 7.91. The van der Waals surface area contributed by atoms with Crippen LogP contribution in [0.5, 0.6) is 11.5 Å². The van der Waals surface area contributed by atoms with Crippen LogP contribution in [0.3, 0.4) is 0 Å². The summed E-state index contributed by atoms with van der Waals surface area (Å²) in [5, 5.41) is 5.62. The molecule has 2 aromatic carbocycles. The Bertz CT molecular complexity index is 1290. The van der Waals surface area contributed by atoms with E-state index in [4.69, 9.17) is 14.6 Å².